The van der Waals surface area contributed by atoms with E-state index in [-0.39, 0.29) is 0 Å². The van der Waals surface area contributed by atoms with Crippen LogP contribution in [0.3, 0.4) is 0 Å². The SMILES string of the molecule is CO[Si](CC(C)Cc1ncc[nH]1)(OC)OC. The predicted octanol–water partition coefficient (Wildman–Crippen LogP) is 1.47. The third kappa shape index (κ3) is 3.41. The first-order valence-electron chi connectivity index (χ1n) is 5.29. The Balaban J connectivity index is 2.51. The van der Waals surface area contributed by atoms with Gasteiger partial charge in [0.05, 0.1) is 0 Å². The molecule has 1 aromatic rings. The zero-order valence-electron chi connectivity index (χ0n) is 10.3. The fraction of sp³-hybridized carbons (Fsp3) is 0.700. The molecule has 0 amide bonds. The van der Waals surface area contributed by atoms with Crippen LogP contribution in [0.5, 0.6) is 0 Å². The molecule has 5 nitrogen and oxygen atoms in total. The van der Waals surface area contributed by atoms with Crippen LogP contribution in [0.2, 0.25) is 6.04 Å². The second kappa shape index (κ2) is 6.14. The van der Waals surface area contributed by atoms with E-state index in [2.05, 4.69) is 16.9 Å². The second-order valence-electron chi connectivity index (χ2n) is 3.84. The van der Waals surface area contributed by atoms with Gasteiger partial charge in [-0.05, 0) is 5.92 Å². The maximum absolute atomic E-state index is 5.39. The highest BCUT2D eigenvalue weighted by Gasteiger charge is 2.39. The Morgan fingerprint density at radius 2 is 1.94 bits per heavy atom. The van der Waals surface area contributed by atoms with Gasteiger partial charge in [-0.1, -0.05) is 6.92 Å². The van der Waals surface area contributed by atoms with Gasteiger partial charge in [0.15, 0.2) is 0 Å². The van der Waals surface area contributed by atoms with Crippen molar-refractivity contribution in [3.05, 3.63) is 18.2 Å². The molecule has 0 fully saturated rings. The van der Waals surface area contributed by atoms with Gasteiger partial charge in [0.25, 0.3) is 0 Å². The lowest BCUT2D eigenvalue weighted by molar-refractivity contribution is 0.118. The molecule has 1 atom stereocenters. The number of hydrogen-bond donors (Lipinski definition) is 1. The summed E-state index contributed by atoms with van der Waals surface area (Å²) < 4.78 is 16.2. The molecule has 0 spiro atoms. The van der Waals surface area contributed by atoms with Crippen molar-refractivity contribution in [1.82, 2.24) is 9.97 Å². The van der Waals surface area contributed by atoms with E-state index in [9.17, 15) is 0 Å². The second-order valence-corrected chi connectivity index (χ2v) is 6.84. The lowest BCUT2D eigenvalue weighted by Gasteiger charge is -2.26. The molecule has 0 aliphatic heterocycles. The molecule has 0 saturated carbocycles. The zero-order valence-corrected chi connectivity index (χ0v) is 11.3. The molecule has 1 aromatic heterocycles. The van der Waals surface area contributed by atoms with E-state index in [4.69, 9.17) is 13.3 Å². The maximum Gasteiger partial charge on any atom is 0.500 e. The number of nitrogens with zero attached hydrogens (tertiary/aromatic N) is 1. The summed E-state index contributed by atoms with van der Waals surface area (Å²) in [5, 5.41) is 0. The van der Waals surface area contributed by atoms with Crippen LogP contribution in [0.15, 0.2) is 12.4 Å². The van der Waals surface area contributed by atoms with Gasteiger partial charge in [-0.2, -0.15) is 0 Å². The number of H-pyrrole nitrogens is 1. The third-order valence-electron chi connectivity index (χ3n) is 2.63. The summed E-state index contributed by atoms with van der Waals surface area (Å²) in [6, 6.07) is 0.789. The Morgan fingerprint density at radius 1 is 1.31 bits per heavy atom. The number of nitrogens with one attached hydrogen (secondary N) is 1. The standard InChI is InChI=1S/C10H20N2O3Si/c1-9(7-10-11-5-6-12-10)8-16(13-2,14-3)15-4/h5-6,9H,7-8H2,1-4H3,(H,11,12). The van der Waals surface area contributed by atoms with Gasteiger partial charge in [-0.3, -0.25) is 0 Å². The van der Waals surface area contributed by atoms with Gasteiger partial charge in [0.2, 0.25) is 0 Å². The highest BCUT2D eigenvalue weighted by molar-refractivity contribution is 6.60. The Kier molecular flexibility index (Phi) is 5.13. The Bertz CT molecular complexity index is 280. The summed E-state index contributed by atoms with van der Waals surface area (Å²) in [5.41, 5.74) is 0. The molecule has 0 aromatic carbocycles. The maximum atomic E-state index is 5.39. The molecule has 1 rings (SSSR count). The molecular weight excluding hydrogens is 224 g/mol. The van der Waals surface area contributed by atoms with Crippen LogP contribution < -0.4 is 0 Å². The largest absolute Gasteiger partial charge is 0.500 e. The van der Waals surface area contributed by atoms with Crippen molar-refractivity contribution in [3.8, 4) is 0 Å². The van der Waals surface area contributed by atoms with Gasteiger partial charge >= 0.3 is 8.80 Å². The quantitative estimate of drug-likeness (QED) is 0.738. The summed E-state index contributed by atoms with van der Waals surface area (Å²) in [5.74, 6) is 1.39. The van der Waals surface area contributed by atoms with E-state index in [1.165, 1.54) is 0 Å². The molecule has 1 heterocycles. The van der Waals surface area contributed by atoms with Crippen LogP contribution in [0, 0.1) is 5.92 Å². The number of hydrogen-bond acceptors (Lipinski definition) is 4. The number of rotatable bonds is 7. The highest BCUT2D eigenvalue weighted by atomic mass is 28.4. The summed E-state index contributed by atoms with van der Waals surface area (Å²) in [6.45, 7) is 2.14. The van der Waals surface area contributed by atoms with Gasteiger partial charge in [-0.15, -0.1) is 0 Å². The lowest BCUT2D eigenvalue weighted by atomic mass is 10.1. The molecule has 92 valence electrons. The van der Waals surface area contributed by atoms with Crippen molar-refractivity contribution >= 4 is 8.80 Å². The first-order chi connectivity index (χ1) is 7.65. The minimum Gasteiger partial charge on any atom is -0.377 e. The Labute approximate surface area is 97.5 Å². The molecule has 0 radical (unpaired) electrons. The number of aromatic amines is 1. The van der Waals surface area contributed by atoms with Crippen LogP contribution in [0.4, 0.5) is 0 Å². The summed E-state index contributed by atoms with van der Waals surface area (Å²) in [6.07, 6.45) is 4.46. The topological polar surface area (TPSA) is 56.4 Å². The van der Waals surface area contributed by atoms with E-state index in [1.807, 2.05) is 6.20 Å². The molecule has 16 heavy (non-hydrogen) atoms. The smallest absolute Gasteiger partial charge is 0.377 e. The Hall–Kier alpha value is -0.693. The molecule has 0 aliphatic carbocycles. The summed E-state index contributed by atoms with van der Waals surface area (Å²) in [7, 11) is 2.46. The van der Waals surface area contributed by atoms with Crippen LogP contribution in [0.1, 0.15) is 12.7 Å². The van der Waals surface area contributed by atoms with Crippen molar-refractivity contribution in [1.29, 1.82) is 0 Å². The Morgan fingerprint density at radius 3 is 2.38 bits per heavy atom. The molecule has 0 saturated heterocycles. The van der Waals surface area contributed by atoms with Crippen LogP contribution in [-0.4, -0.2) is 40.1 Å². The molecule has 1 unspecified atom stereocenters. The summed E-state index contributed by atoms with van der Waals surface area (Å²) in [4.78, 5) is 7.29. The minimum atomic E-state index is -2.46. The van der Waals surface area contributed by atoms with Gasteiger partial charge in [0, 0.05) is 46.2 Å². The highest BCUT2D eigenvalue weighted by Crippen LogP contribution is 2.21. The van der Waals surface area contributed by atoms with Crippen LogP contribution in [-0.2, 0) is 19.7 Å². The molecule has 1 N–H and O–H groups in total. The van der Waals surface area contributed by atoms with E-state index in [1.54, 1.807) is 27.5 Å². The predicted molar refractivity (Wildman–Crippen MR) is 63.0 cm³/mol. The van der Waals surface area contributed by atoms with E-state index >= 15 is 0 Å². The molecule has 0 aliphatic rings. The van der Waals surface area contributed by atoms with E-state index < -0.39 is 8.80 Å². The lowest BCUT2D eigenvalue weighted by Crippen LogP contribution is -2.44. The van der Waals surface area contributed by atoms with E-state index in [0.717, 1.165) is 18.3 Å². The number of imidazole rings is 1. The van der Waals surface area contributed by atoms with Crippen molar-refractivity contribution < 1.29 is 13.3 Å². The normalized spacial score (nSPS) is 14.0. The average Bonchev–Trinajstić information content (AvgIpc) is 2.79. The minimum absolute atomic E-state index is 0.401. The first-order valence-corrected chi connectivity index (χ1v) is 7.22. The van der Waals surface area contributed by atoms with Crippen molar-refractivity contribution in [2.24, 2.45) is 5.92 Å². The average molecular weight is 244 g/mol. The van der Waals surface area contributed by atoms with Gasteiger partial charge in [-0.25, -0.2) is 4.98 Å². The van der Waals surface area contributed by atoms with Crippen molar-refractivity contribution in [3.63, 3.8) is 0 Å². The van der Waals surface area contributed by atoms with Gasteiger partial charge in [0.1, 0.15) is 5.82 Å². The molecule has 6 heteroatoms. The van der Waals surface area contributed by atoms with Crippen LogP contribution in [0.25, 0.3) is 0 Å². The van der Waals surface area contributed by atoms with Crippen molar-refractivity contribution in [2.45, 2.75) is 19.4 Å². The third-order valence-corrected chi connectivity index (χ3v) is 5.69. The zero-order chi connectivity index (χ0) is 12.0. The number of aromatic nitrogens is 2. The summed E-state index contributed by atoms with van der Waals surface area (Å²) >= 11 is 0. The molecule has 0 bridgehead atoms. The van der Waals surface area contributed by atoms with Gasteiger partial charge < -0.3 is 18.3 Å². The van der Waals surface area contributed by atoms with Crippen molar-refractivity contribution in [2.75, 3.05) is 21.3 Å². The van der Waals surface area contributed by atoms with E-state index in [0.29, 0.717) is 5.92 Å². The fourth-order valence-electron chi connectivity index (χ4n) is 1.74. The fourth-order valence-corrected chi connectivity index (χ4v) is 3.74. The first kappa shape index (κ1) is 13.4. The van der Waals surface area contributed by atoms with Crippen LogP contribution >= 0.6 is 0 Å². The molecular formula is C10H20N2O3Si. The monoisotopic (exact) mass is 244 g/mol.